The van der Waals surface area contributed by atoms with Gasteiger partial charge in [-0.25, -0.2) is 0 Å². The highest BCUT2D eigenvalue weighted by atomic mass is 16.3. The smallest absolute Gasteiger partial charge is 0.251 e. The van der Waals surface area contributed by atoms with Crippen molar-refractivity contribution in [2.45, 2.75) is 20.8 Å². The quantitative estimate of drug-likeness (QED) is 0.842. The van der Waals surface area contributed by atoms with Crippen LogP contribution in [0.15, 0.2) is 18.2 Å². The predicted octanol–water partition coefficient (Wildman–Crippen LogP) is 1.30. The Kier molecular flexibility index (Phi) is 5.36. The van der Waals surface area contributed by atoms with E-state index in [0.717, 1.165) is 0 Å². The third kappa shape index (κ3) is 3.98. The molecule has 0 radical (unpaired) electrons. The van der Waals surface area contributed by atoms with Crippen LogP contribution in [0.5, 0.6) is 5.75 Å². The predicted molar refractivity (Wildman–Crippen MR) is 73.1 cm³/mol. The molecule has 1 aromatic carbocycles. The Morgan fingerprint density at radius 3 is 2.42 bits per heavy atom. The maximum atomic E-state index is 11.9. The van der Waals surface area contributed by atoms with E-state index in [1.807, 2.05) is 13.8 Å². The van der Waals surface area contributed by atoms with Gasteiger partial charge in [0.05, 0.1) is 6.54 Å². The van der Waals surface area contributed by atoms with Gasteiger partial charge in [0.15, 0.2) is 0 Å². The number of aromatic hydroxyl groups is 1. The molecule has 5 heteroatoms. The van der Waals surface area contributed by atoms with Crippen LogP contribution in [0.4, 0.5) is 0 Å². The zero-order valence-electron chi connectivity index (χ0n) is 11.6. The van der Waals surface area contributed by atoms with E-state index in [4.69, 9.17) is 0 Å². The van der Waals surface area contributed by atoms with Crippen molar-refractivity contribution in [3.8, 4) is 5.75 Å². The molecule has 0 aromatic heterocycles. The summed E-state index contributed by atoms with van der Waals surface area (Å²) in [4.78, 5) is 25.3. The van der Waals surface area contributed by atoms with Crippen molar-refractivity contribution in [2.75, 3.05) is 19.6 Å². The van der Waals surface area contributed by atoms with Crippen molar-refractivity contribution in [2.24, 2.45) is 0 Å². The van der Waals surface area contributed by atoms with Gasteiger partial charge >= 0.3 is 0 Å². The van der Waals surface area contributed by atoms with Gasteiger partial charge in [-0.15, -0.1) is 0 Å². The number of nitrogens with zero attached hydrogens (tertiary/aromatic N) is 1. The molecule has 19 heavy (non-hydrogen) atoms. The molecule has 0 saturated heterocycles. The van der Waals surface area contributed by atoms with Crippen LogP contribution < -0.4 is 5.32 Å². The van der Waals surface area contributed by atoms with Gasteiger partial charge < -0.3 is 15.3 Å². The highest BCUT2D eigenvalue weighted by molar-refractivity contribution is 5.97. The van der Waals surface area contributed by atoms with Gasteiger partial charge in [-0.2, -0.15) is 0 Å². The fourth-order valence-corrected chi connectivity index (χ4v) is 1.84. The molecule has 104 valence electrons. The van der Waals surface area contributed by atoms with Crippen LogP contribution in [0.25, 0.3) is 0 Å². The normalized spacial score (nSPS) is 10.1. The number of amides is 2. The number of nitrogens with one attached hydrogen (secondary N) is 1. The standard InChI is InChI=1S/C14H20N2O3/c1-4-16(5-2)13(18)9-15-14(19)12-7-6-11(17)8-10(12)3/h6-8,17H,4-5,9H2,1-3H3,(H,15,19). The minimum atomic E-state index is -0.307. The second-order valence-corrected chi connectivity index (χ2v) is 4.25. The zero-order valence-corrected chi connectivity index (χ0v) is 11.6. The molecule has 5 nitrogen and oxygen atoms in total. The Morgan fingerprint density at radius 2 is 1.89 bits per heavy atom. The molecular weight excluding hydrogens is 244 g/mol. The van der Waals surface area contributed by atoms with E-state index in [-0.39, 0.29) is 24.1 Å². The van der Waals surface area contributed by atoms with Crippen molar-refractivity contribution in [1.82, 2.24) is 10.2 Å². The summed E-state index contributed by atoms with van der Waals surface area (Å²) in [5.74, 6) is -0.291. The number of likely N-dealkylation sites (N-methyl/N-ethyl adjacent to an activating group) is 1. The molecule has 0 saturated carbocycles. The number of aryl methyl sites for hydroxylation is 1. The van der Waals surface area contributed by atoms with Gasteiger partial charge in [0.25, 0.3) is 5.91 Å². The summed E-state index contributed by atoms with van der Waals surface area (Å²) in [5.41, 5.74) is 1.14. The largest absolute Gasteiger partial charge is 0.508 e. The molecule has 0 heterocycles. The number of phenols is 1. The second-order valence-electron chi connectivity index (χ2n) is 4.25. The number of hydrogen-bond donors (Lipinski definition) is 2. The number of hydrogen-bond acceptors (Lipinski definition) is 3. The fraction of sp³-hybridized carbons (Fsp3) is 0.429. The lowest BCUT2D eigenvalue weighted by molar-refractivity contribution is -0.129. The van der Waals surface area contributed by atoms with Crippen molar-refractivity contribution in [1.29, 1.82) is 0 Å². The number of phenolic OH excluding ortho intramolecular Hbond substituents is 1. The Morgan fingerprint density at radius 1 is 1.26 bits per heavy atom. The van der Waals surface area contributed by atoms with Gasteiger partial charge in [-0.3, -0.25) is 9.59 Å². The fourth-order valence-electron chi connectivity index (χ4n) is 1.84. The molecule has 0 atom stereocenters. The molecule has 0 aliphatic rings. The van der Waals surface area contributed by atoms with Crippen LogP contribution in [0.1, 0.15) is 29.8 Å². The summed E-state index contributed by atoms with van der Waals surface area (Å²) in [5, 5.41) is 11.9. The van der Waals surface area contributed by atoms with E-state index in [2.05, 4.69) is 5.32 Å². The Balaban J connectivity index is 2.63. The second kappa shape index (κ2) is 6.78. The first-order valence-corrected chi connectivity index (χ1v) is 6.35. The molecule has 0 spiro atoms. The van der Waals surface area contributed by atoms with Gasteiger partial charge in [-0.1, -0.05) is 0 Å². The van der Waals surface area contributed by atoms with Gasteiger partial charge in [0.1, 0.15) is 5.75 Å². The highest BCUT2D eigenvalue weighted by Gasteiger charge is 2.13. The molecule has 2 N–H and O–H groups in total. The molecule has 0 fully saturated rings. The molecule has 2 amide bonds. The highest BCUT2D eigenvalue weighted by Crippen LogP contribution is 2.15. The lowest BCUT2D eigenvalue weighted by Gasteiger charge is -2.18. The topological polar surface area (TPSA) is 69.6 Å². The van der Waals surface area contributed by atoms with Crippen LogP contribution in [-0.2, 0) is 4.79 Å². The lowest BCUT2D eigenvalue weighted by atomic mass is 10.1. The van der Waals surface area contributed by atoms with Crippen LogP contribution in [-0.4, -0.2) is 41.5 Å². The Hall–Kier alpha value is -2.04. The first-order chi connectivity index (χ1) is 8.99. The monoisotopic (exact) mass is 264 g/mol. The average Bonchev–Trinajstić information content (AvgIpc) is 2.37. The lowest BCUT2D eigenvalue weighted by Crippen LogP contribution is -2.40. The van der Waals surface area contributed by atoms with Crippen LogP contribution in [0.2, 0.25) is 0 Å². The molecule has 0 aliphatic carbocycles. The number of carbonyl (C=O) groups excluding carboxylic acids is 2. The van der Waals surface area contributed by atoms with E-state index < -0.39 is 0 Å². The van der Waals surface area contributed by atoms with Crippen LogP contribution in [0.3, 0.4) is 0 Å². The molecule has 0 unspecified atom stereocenters. The maximum absolute atomic E-state index is 11.9. The zero-order chi connectivity index (χ0) is 14.4. The Labute approximate surface area is 113 Å². The molecule has 0 aliphatic heterocycles. The van der Waals surface area contributed by atoms with Gasteiger partial charge in [0, 0.05) is 18.7 Å². The first-order valence-electron chi connectivity index (χ1n) is 6.35. The number of benzene rings is 1. The number of rotatable bonds is 5. The molecule has 0 bridgehead atoms. The van der Waals surface area contributed by atoms with Crippen molar-refractivity contribution in [3.05, 3.63) is 29.3 Å². The summed E-state index contributed by atoms with van der Waals surface area (Å²) < 4.78 is 0. The van der Waals surface area contributed by atoms with Gasteiger partial charge in [-0.05, 0) is 44.5 Å². The third-order valence-corrected chi connectivity index (χ3v) is 2.97. The van der Waals surface area contributed by atoms with E-state index in [9.17, 15) is 14.7 Å². The summed E-state index contributed by atoms with van der Waals surface area (Å²) in [7, 11) is 0. The number of carbonyl (C=O) groups is 2. The summed E-state index contributed by atoms with van der Waals surface area (Å²) in [6, 6.07) is 4.51. The molecule has 1 aromatic rings. The molecule has 1 rings (SSSR count). The van der Waals surface area contributed by atoms with Crippen molar-refractivity contribution >= 4 is 11.8 Å². The van der Waals surface area contributed by atoms with Crippen molar-refractivity contribution < 1.29 is 14.7 Å². The minimum absolute atomic E-state index is 0.0131. The Bertz CT molecular complexity index is 468. The van der Waals surface area contributed by atoms with E-state index >= 15 is 0 Å². The van der Waals surface area contributed by atoms with E-state index in [0.29, 0.717) is 24.2 Å². The van der Waals surface area contributed by atoms with Crippen LogP contribution >= 0.6 is 0 Å². The summed E-state index contributed by atoms with van der Waals surface area (Å²) in [6.07, 6.45) is 0. The SMILES string of the molecule is CCN(CC)C(=O)CNC(=O)c1ccc(O)cc1C. The summed E-state index contributed by atoms with van der Waals surface area (Å²) >= 11 is 0. The molecular formula is C14H20N2O3. The first kappa shape index (κ1) is 15.0. The average molecular weight is 264 g/mol. The summed E-state index contributed by atoms with van der Waals surface area (Å²) in [6.45, 7) is 6.77. The van der Waals surface area contributed by atoms with Gasteiger partial charge in [0.2, 0.25) is 5.91 Å². The van der Waals surface area contributed by atoms with Crippen LogP contribution in [0, 0.1) is 6.92 Å². The van der Waals surface area contributed by atoms with Crippen molar-refractivity contribution in [3.63, 3.8) is 0 Å². The van der Waals surface area contributed by atoms with E-state index in [1.54, 1.807) is 17.9 Å². The third-order valence-electron chi connectivity index (χ3n) is 2.97. The van der Waals surface area contributed by atoms with E-state index in [1.165, 1.54) is 12.1 Å². The minimum Gasteiger partial charge on any atom is -0.508 e. The maximum Gasteiger partial charge on any atom is 0.251 e.